The van der Waals surface area contributed by atoms with E-state index in [1.54, 1.807) is 0 Å². The van der Waals surface area contributed by atoms with Gasteiger partial charge in [0.15, 0.2) is 0 Å². The Balaban J connectivity index is 5.97. The molecule has 1 N–H and O–H groups in total. The molecule has 18 heavy (non-hydrogen) atoms. The minimum absolute atomic E-state index is 0.809. The van der Waals surface area contributed by atoms with E-state index < -0.39 is 40.2 Å². The Labute approximate surface area is 108 Å². The van der Waals surface area contributed by atoms with Crippen LogP contribution in [-0.2, 0) is 0 Å². The summed E-state index contributed by atoms with van der Waals surface area (Å²) in [5.41, 5.74) is -5.95. The summed E-state index contributed by atoms with van der Waals surface area (Å²) in [6.45, 7) is -1.31. The summed E-state index contributed by atoms with van der Waals surface area (Å²) in [6, 6.07) is 0. The van der Waals surface area contributed by atoms with Gasteiger partial charge in [0.1, 0.15) is 0 Å². The zero-order valence-corrected chi connectivity index (χ0v) is 10.2. The molecule has 1 atom stereocenters. The first-order chi connectivity index (χ1) is 7.70. The Kier molecular flexibility index (Phi) is 5.00. The molecular formula is C7H4F9IO. The standard InChI is InChI=1S/C7H4F9IO/c8-4(6(11,12)13,1-3(17)2-18)5(9,10)7(14,15)16/h1,18H,2H2/b3-1-/t4-/m0/s1. The van der Waals surface area contributed by atoms with Crippen molar-refractivity contribution in [3.05, 3.63) is 9.66 Å². The van der Waals surface area contributed by atoms with Crippen molar-refractivity contribution < 1.29 is 44.6 Å². The van der Waals surface area contributed by atoms with Crippen LogP contribution in [0.4, 0.5) is 39.5 Å². The summed E-state index contributed by atoms with van der Waals surface area (Å²) >= 11 is 0.809. The molecule has 0 fully saturated rings. The monoisotopic (exact) mass is 402 g/mol. The average molecular weight is 402 g/mol. The van der Waals surface area contributed by atoms with Gasteiger partial charge in [-0.25, -0.2) is 4.39 Å². The minimum atomic E-state index is -6.74. The molecule has 11 heteroatoms. The van der Waals surface area contributed by atoms with Crippen LogP contribution in [0, 0.1) is 0 Å². The predicted molar refractivity (Wildman–Crippen MR) is 50.1 cm³/mol. The van der Waals surface area contributed by atoms with E-state index in [9.17, 15) is 39.5 Å². The first-order valence-electron chi connectivity index (χ1n) is 3.89. The Bertz CT molecular complexity index is 331. The molecule has 0 aromatic carbocycles. The van der Waals surface area contributed by atoms with Crippen molar-refractivity contribution in [3.8, 4) is 0 Å². The lowest BCUT2D eigenvalue weighted by atomic mass is 9.95. The van der Waals surface area contributed by atoms with Crippen LogP contribution < -0.4 is 0 Å². The van der Waals surface area contributed by atoms with E-state index in [2.05, 4.69) is 0 Å². The van der Waals surface area contributed by atoms with Gasteiger partial charge in [-0.2, -0.15) is 35.1 Å². The maximum absolute atomic E-state index is 13.2. The van der Waals surface area contributed by atoms with Gasteiger partial charge in [-0.1, -0.05) is 0 Å². The minimum Gasteiger partial charge on any atom is -0.391 e. The highest BCUT2D eigenvalue weighted by molar-refractivity contribution is 14.1. The van der Waals surface area contributed by atoms with Gasteiger partial charge < -0.3 is 5.11 Å². The van der Waals surface area contributed by atoms with Gasteiger partial charge in [0.05, 0.1) is 6.61 Å². The summed E-state index contributed by atoms with van der Waals surface area (Å²) in [5.74, 6) is -6.68. The number of hydrogen-bond acceptors (Lipinski definition) is 1. The zero-order chi connectivity index (χ0) is 15.0. The van der Waals surface area contributed by atoms with Crippen molar-refractivity contribution in [2.24, 2.45) is 0 Å². The van der Waals surface area contributed by atoms with Gasteiger partial charge >= 0.3 is 18.3 Å². The fourth-order valence-corrected chi connectivity index (χ4v) is 1.25. The van der Waals surface area contributed by atoms with Gasteiger partial charge in [0, 0.05) is 3.58 Å². The molecule has 0 aromatic rings. The highest BCUT2D eigenvalue weighted by atomic mass is 127. The topological polar surface area (TPSA) is 20.2 Å². The van der Waals surface area contributed by atoms with Gasteiger partial charge in [-0.3, -0.25) is 0 Å². The summed E-state index contributed by atoms with van der Waals surface area (Å²) in [7, 11) is 0. The molecule has 0 aliphatic carbocycles. The lowest BCUT2D eigenvalue weighted by molar-refractivity contribution is -0.369. The van der Waals surface area contributed by atoms with E-state index in [1.165, 1.54) is 0 Å². The average Bonchev–Trinajstić information content (AvgIpc) is 2.13. The van der Waals surface area contributed by atoms with Crippen molar-refractivity contribution in [2.75, 3.05) is 6.61 Å². The summed E-state index contributed by atoms with van der Waals surface area (Å²) in [6.07, 6.45) is -14.2. The molecule has 0 rings (SSSR count). The SMILES string of the molecule is OC/C(I)=C/[C@@](F)(C(F)(F)F)C(F)(F)C(F)(F)F. The number of halogens is 10. The number of aliphatic hydroxyl groups is 1. The fraction of sp³-hybridized carbons (Fsp3) is 0.714. The largest absolute Gasteiger partial charge is 0.457 e. The van der Waals surface area contributed by atoms with Gasteiger partial charge in [-0.05, 0) is 28.7 Å². The molecule has 0 saturated carbocycles. The van der Waals surface area contributed by atoms with Crippen molar-refractivity contribution >= 4 is 22.6 Å². The molecular weight excluding hydrogens is 398 g/mol. The Morgan fingerprint density at radius 3 is 1.50 bits per heavy atom. The number of hydrogen-bond donors (Lipinski definition) is 1. The Morgan fingerprint density at radius 2 is 1.28 bits per heavy atom. The van der Waals surface area contributed by atoms with E-state index in [1.807, 2.05) is 0 Å². The van der Waals surface area contributed by atoms with Gasteiger partial charge in [0.2, 0.25) is 0 Å². The first kappa shape index (κ1) is 17.8. The van der Waals surface area contributed by atoms with Crippen LogP contribution >= 0.6 is 22.6 Å². The van der Waals surface area contributed by atoms with Crippen molar-refractivity contribution in [2.45, 2.75) is 23.9 Å². The van der Waals surface area contributed by atoms with Crippen molar-refractivity contribution in [1.29, 1.82) is 0 Å². The van der Waals surface area contributed by atoms with Crippen LogP contribution in [0.2, 0.25) is 0 Å². The zero-order valence-electron chi connectivity index (χ0n) is 8.01. The normalized spacial score (nSPS) is 18.7. The predicted octanol–water partition coefficient (Wildman–Crippen LogP) is 3.77. The highest BCUT2D eigenvalue weighted by Crippen LogP contribution is 2.53. The van der Waals surface area contributed by atoms with Crippen LogP contribution in [0.1, 0.15) is 0 Å². The second-order valence-corrected chi connectivity index (χ2v) is 4.42. The molecule has 0 aromatic heterocycles. The number of alkyl halides is 9. The molecule has 0 saturated heterocycles. The molecule has 0 radical (unpaired) electrons. The quantitative estimate of drug-likeness (QED) is 0.563. The molecule has 0 aliphatic rings. The van der Waals surface area contributed by atoms with E-state index in [0.717, 1.165) is 22.6 Å². The van der Waals surface area contributed by atoms with Crippen LogP contribution in [0.5, 0.6) is 0 Å². The fourth-order valence-electron chi connectivity index (χ4n) is 0.818. The number of rotatable bonds is 3. The molecule has 0 unspecified atom stereocenters. The van der Waals surface area contributed by atoms with Gasteiger partial charge in [-0.15, -0.1) is 0 Å². The third kappa shape index (κ3) is 3.03. The highest BCUT2D eigenvalue weighted by Gasteiger charge is 2.80. The van der Waals surface area contributed by atoms with Crippen molar-refractivity contribution in [3.63, 3.8) is 0 Å². The number of aliphatic hydroxyl groups excluding tert-OH is 1. The van der Waals surface area contributed by atoms with E-state index in [0.29, 0.717) is 0 Å². The maximum atomic E-state index is 13.2. The van der Waals surface area contributed by atoms with E-state index >= 15 is 0 Å². The molecule has 0 amide bonds. The third-order valence-electron chi connectivity index (χ3n) is 1.73. The van der Waals surface area contributed by atoms with E-state index in [-0.39, 0.29) is 0 Å². The van der Waals surface area contributed by atoms with Crippen LogP contribution in [-0.4, -0.2) is 35.7 Å². The third-order valence-corrected chi connectivity index (χ3v) is 2.38. The van der Waals surface area contributed by atoms with Crippen LogP contribution in [0.15, 0.2) is 9.66 Å². The lowest BCUT2D eigenvalue weighted by Crippen LogP contribution is -2.61. The first-order valence-corrected chi connectivity index (χ1v) is 4.97. The number of allylic oxidation sites excluding steroid dienone is 1. The molecule has 108 valence electrons. The molecule has 0 bridgehead atoms. The summed E-state index contributed by atoms with van der Waals surface area (Å²) in [4.78, 5) is 0. The smallest absolute Gasteiger partial charge is 0.391 e. The molecule has 0 aliphatic heterocycles. The Hall–Kier alpha value is -0.200. The molecule has 0 spiro atoms. The lowest BCUT2D eigenvalue weighted by Gasteiger charge is -2.33. The molecule has 0 heterocycles. The second kappa shape index (κ2) is 5.06. The second-order valence-electron chi connectivity index (χ2n) is 3.03. The van der Waals surface area contributed by atoms with Crippen LogP contribution in [0.25, 0.3) is 0 Å². The van der Waals surface area contributed by atoms with E-state index in [4.69, 9.17) is 5.11 Å². The van der Waals surface area contributed by atoms with Crippen LogP contribution in [0.3, 0.4) is 0 Å². The van der Waals surface area contributed by atoms with Gasteiger partial charge in [0.25, 0.3) is 5.67 Å². The summed E-state index contributed by atoms with van der Waals surface area (Å²) in [5, 5.41) is 8.30. The Morgan fingerprint density at radius 1 is 0.889 bits per heavy atom. The maximum Gasteiger partial charge on any atom is 0.457 e. The van der Waals surface area contributed by atoms with Crippen molar-refractivity contribution in [1.82, 2.24) is 0 Å². The molecule has 1 nitrogen and oxygen atoms in total. The summed E-state index contributed by atoms with van der Waals surface area (Å²) < 4.78 is 109.